The van der Waals surface area contributed by atoms with Crippen molar-refractivity contribution < 1.29 is 13.2 Å². The summed E-state index contributed by atoms with van der Waals surface area (Å²) in [6.45, 7) is -0.186. The summed E-state index contributed by atoms with van der Waals surface area (Å²) >= 11 is 0. The van der Waals surface area contributed by atoms with Crippen LogP contribution in [0.3, 0.4) is 0 Å². The van der Waals surface area contributed by atoms with Gasteiger partial charge in [-0.15, -0.1) is 0 Å². The second kappa shape index (κ2) is 4.94. The summed E-state index contributed by atoms with van der Waals surface area (Å²) in [6.07, 6.45) is 0. The van der Waals surface area contributed by atoms with E-state index in [0.29, 0.717) is 6.07 Å². The quantitative estimate of drug-likeness (QED) is 0.225. The number of halogens is 3. The van der Waals surface area contributed by atoms with Crippen molar-refractivity contribution in [3.63, 3.8) is 0 Å². The van der Waals surface area contributed by atoms with E-state index in [1.165, 1.54) is 0 Å². The summed E-state index contributed by atoms with van der Waals surface area (Å²) in [4.78, 5) is 2.41. The van der Waals surface area contributed by atoms with E-state index in [9.17, 15) is 13.2 Å². The van der Waals surface area contributed by atoms with Crippen LogP contribution in [0.25, 0.3) is 10.4 Å². The van der Waals surface area contributed by atoms with Gasteiger partial charge in [-0.1, -0.05) is 17.0 Å². The Labute approximate surface area is 83.2 Å². The molecule has 76 valence electrons. The highest BCUT2D eigenvalue weighted by Crippen LogP contribution is 2.12. The molecule has 0 bridgehead atoms. The summed E-state index contributed by atoms with van der Waals surface area (Å²) in [5.74, 6) is 0.978. The minimum atomic E-state index is -1.30. The summed E-state index contributed by atoms with van der Waals surface area (Å²) in [6, 6.07) is 1.19. The maximum atomic E-state index is 12.9. The summed E-state index contributed by atoms with van der Waals surface area (Å²) in [7, 11) is 0. The molecule has 0 heterocycles. The number of azide groups is 1. The first-order valence-electron chi connectivity index (χ1n) is 3.79. The van der Waals surface area contributed by atoms with Gasteiger partial charge in [0.15, 0.2) is 11.6 Å². The van der Waals surface area contributed by atoms with E-state index in [2.05, 4.69) is 21.9 Å². The Balaban J connectivity index is 3.02. The van der Waals surface area contributed by atoms with Crippen LogP contribution in [-0.2, 0) is 0 Å². The van der Waals surface area contributed by atoms with E-state index in [0.717, 1.165) is 6.07 Å². The van der Waals surface area contributed by atoms with Crippen LogP contribution in [0.15, 0.2) is 17.2 Å². The molecule has 0 radical (unpaired) electrons. The number of nitrogens with zero attached hydrogens (tertiary/aromatic N) is 3. The number of hydrogen-bond acceptors (Lipinski definition) is 1. The van der Waals surface area contributed by atoms with Gasteiger partial charge in [-0.3, -0.25) is 0 Å². The number of hydrogen-bond donors (Lipinski definition) is 0. The fourth-order valence-electron chi connectivity index (χ4n) is 0.849. The molecule has 0 N–H and O–H groups in total. The Kier molecular flexibility index (Phi) is 3.61. The summed E-state index contributed by atoms with van der Waals surface area (Å²) < 4.78 is 38.2. The van der Waals surface area contributed by atoms with E-state index in [-0.39, 0.29) is 6.54 Å². The second-order valence-electron chi connectivity index (χ2n) is 2.44. The monoisotopic (exact) mass is 211 g/mol. The fraction of sp³-hybridized carbons (Fsp3) is 0.111. The maximum Gasteiger partial charge on any atom is 0.174 e. The molecule has 0 aliphatic heterocycles. The lowest BCUT2D eigenvalue weighted by Crippen LogP contribution is -1.92. The molecule has 0 aromatic heterocycles. The standard InChI is InChI=1S/C9H4F3N3/c10-7-4-6(2-1-3-14-15-13)9(12)8(11)5-7/h4-5H,3H2. The molecule has 0 amide bonds. The molecule has 0 saturated heterocycles. The number of benzene rings is 1. The predicted molar refractivity (Wildman–Crippen MR) is 47.2 cm³/mol. The van der Waals surface area contributed by atoms with Crippen LogP contribution in [-0.4, -0.2) is 6.54 Å². The van der Waals surface area contributed by atoms with Gasteiger partial charge in [0, 0.05) is 11.0 Å². The molecule has 0 atom stereocenters. The van der Waals surface area contributed by atoms with Crippen LogP contribution >= 0.6 is 0 Å². The van der Waals surface area contributed by atoms with Gasteiger partial charge in [-0.05, 0) is 11.6 Å². The van der Waals surface area contributed by atoms with Gasteiger partial charge < -0.3 is 0 Å². The Morgan fingerprint density at radius 2 is 2.07 bits per heavy atom. The van der Waals surface area contributed by atoms with Crippen LogP contribution in [0.4, 0.5) is 13.2 Å². The molecule has 1 aromatic rings. The first-order chi connectivity index (χ1) is 7.15. The lowest BCUT2D eigenvalue weighted by molar-refractivity contribution is 0.492. The van der Waals surface area contributed by atoms with Crippen molar-refractivity contribution in [2.75, 3.05) is 6.54 Å². The van der Waals surface area contributed by atoms with Crippen LogP contribution in [0, 0.1) is 29.3 Å². The first kappa shape index (κ1) is 11.0. The van der Waals surface area contributed by atoms with Gasteiger partial charge in [-0.2, -0.15) is 0 Å². The maximum absolute atomic E-state index is 12.9. The van der Waals surface area contributed by atoms with Gasteiger partial charge in [0.2, 0.25) is 0 Å². The van der Waals surface area contributed by atoms with Crippen LogP contribution in [0.5, 0.6) is 0 Å². The van der Waals surface area contributed by atoms with Crippen LogP contribution in [0.1, 0.15) is 5.56 Å². The summed E-state index contributed by atoms with van der Waals surface area (Å²) in [5, 5.41) is 3.06. The average molecular weight is 211 g/mol. The zero-order chi connectivity index (χ0) is 11.3. The van der Waals surface area contributed by atoms with E-state index in [4.69, 9.17) is 5.53 Å². The Hall–Kier alpha value is -2.12. The fourth-order valence-corrected chi connectivity index (χ4v) is 0.849. The Morgan fingerprint density at radius 1 is 1.33 bits per heavy atom. The largest absolute Gasteiger partial charge is 0.207 e. The van der Waals surface area contributed by atoms with Crippen LogP contribution in [0.2, 0.25) is 0 Å². The van der Waals surface area contributed by atoms with Gasteiger partial charge in [0.05, 0.1) is 12.1 Å². The molecule has 6 heteroatoms. The molecule has 0 aliphatic rings. The third-order valence-corrected chi connectivity index (χ3v) is 1.43. The molecule has 15 heavy (non-hydrogen) atoms. The molecule has 0 aliphatic carbocycles. The van der Waals surface area contributed by atoms with Crippen LogP contribution < -0.4 is 0 Å². The Bertz CT molecular complexity index is 481. The average Bonchev–Trinajstić information content (AvgIpc) is 2.19. The molecule has 1 rings (SSSR count). The third-order valence-electron chi connectivity index (χ3n) is 1.43. The zero-order valence-corrected chi connectivity index (χ0v) is 7.34. The SMILES string of the molecule is [N-]=[N+]=NCC#Cc1cc(F)cc(F)c1F. The molecule has 0 spiro atoms. The zero-order valence-electron chi connectivity index (χ0n) is 7.34. The molecular weight excluding hydrogens is 207 g/mol. The van der Waals surface area contributed by atoms with Crippen molar-refractivity contribution >= 4 is 0 Å². The van der Waals surface area contributed by atoms with E-state index in [1.54, 1.807) is 0 Å². The minimum Gasteiger partial charge on any atom is -0.207 e. The van der Waals surface area contributed by atoms with Gasteiger partial charge in [0.25, 0.3) is 0 Å². The van der Waals surface area contributed by atoms with E-state index >= 15 is 0 Å². The van der Waals surface area contributed by atoms with Gasteiger partial charge in [-0.25, -0.2) is 13.2 Å². The smallest absolute Gasteiger partial charge is 0.174 e. The molecular formula is C9H4F3N3. The van der Waals surface area contributed by atoms with Gasteiger partial charge in [0.1, 0.15) is 5.82 Å². The van der Waals surface area contributed by atoms with Crippen molar-refractivity contribution in [3.05, 3.63) is 45.6 Å². The molecule has 3 nitrogen and oxygen atoms in total. The molecule has 1 aromatic carbocycles. The highest BCUT2D eigenvalue weighted by Gasteiger charge is 2.08. The predicted octanol–water partition coefficient (Wildman–Crippen LogP) is 2.77. The number of rotatable bonds is 1. The topological polar surface area (TPSA) is 48.8 Å². The normalized spacial score (nSPS) is 8.73. The minimum absolute atomic E-state index is 0.186. The second-order valence-corrected chi connectivity index (χ2v) is 2.44. The summed E-state index contributed by atoms with van der Waals surface area (Å²) in [5.41, 5.74) is 7.50. The van der Waals surface area contributed by atoms with Crippen molar-refractivity contribution in [3.8, 4) is 11.8 Å². The van der Waals surface area contributed by atoms with E-state index < -0.39 is 23.0 Å². The molecule has 0 fully saturated rings. The lowest BCUT2D eigenvalue weighted by atomic mass is 10.2. The van der Waals surface area contributed by atoms with Crippen molar-refractivity contribution in [2.24, 2.45) is 5.11 Å². The van der Waals surface area contributed by atoms with E-state index in [1.807, 2.05) is 0 Å². The van der Waals surface area contributed by atoms with Crippen molar-refractivity contribution in [1.29, 1.82) is 0 Å². The van der Waals surface area contributed by atoms with Crippen molar-refractivity contribution in [2.45, 2.75) is 0 Å². The third kappa shape index (κ3) is 2.93. The lowest BCUT2D eigenvalue weighted by Gasteiger charge is -1.96. The molecule has 0 saturated carbocycles. The molecule has 0 unspecified atom stereocenters. The first-order valence-corrected chi connectivity index (χ1v) is 3.79. The Morgan fingerprint density at radius 3 is 2.73 bits per heavy atom. The highest BCUT2D eigenvalue weighted by molar-refractivity contribution is 5.36. The van der Waals surface area contributed by atoms with Crippen molar-refractivity contribution in [1.82, 2.24) is 0 Å². The van der Waals surface area contributed by atoms with Gasteiger partial charge >= 0.3 is 0 Å². The highest BCUT2D eigenvalue weighted by atomic mass is 19.2.